The van der Waals surface area contributed by atoms with E-state index in [0.717, 1.165) is 23.3 Å². The number of carbonyl (C=O) groups excluding carboxylic acids is 1. The van der Waals surface area contributed by atoms with Crippen LogP contribution in [-0.4, -0.2) is 44.6 Å². The normalized spacial score (nSPS) is 15.0. The van der Waals surface area contributed by atoms with Gasteiger partial charge in [-0.25, -0.2) is 9.79 Å². The number of hydrogen-bond donors (Lipinski definition) is 0. The smallest absolute Gasteiger partial charge is 0.338 e. The van der Waals surface area contributed by atoms with Crippen molar-refractivity contribution in [3.63, 3.8) is 0 Å². The predicted octanol–water partition coefficient (Wildman–Crippen LogP) is 5.79. The van der Waals surface area contributed by atoms with E-state index in [1.54, 1.807) is 50.8 Å². The SMILES string of the molecule is CCOC(=O)C1=C(C)N=c2s/c(=C/c3ccc(OCCOc4ccc([C@H](C)CC)cc4)c(OC)c3)c(=O)n2[C@H]1c1ccc(OC)cc1. The number of hydrogen-bond acceptors (Lipinski definition) is 9. The number of carbonyl (C=O) groups is 1. The molecule has 0 amide bonds. The van der Waals surface area contributed by atoms with Crippen LogP contribution >= 0.6 is 11.3 Å². The second-order valence-corrected chi connectivity index (χ2v) is 12.1. The van der Waals surface area contributed by atoms with E-state index in [1.807, 2.05) is 42.5 Å². The molecule has 0 fully saturated rings. The molecule has 0 unspecified atom stereocenters. The van der Waals surface area contributed by atoms with Crippen LogP contribution in [0.15, 0.2) is 87.8 Å². The van der Waals surface area contributed by atoms with Crippen molar-refractivity contribution in [2.75, 3.05) is 34.0 Å². The van der Waals surface area contributed by atoms with Crippen LogP contribution in [0.1, 0.15) is 62.8 Å². The van der Waals surface area contributed by atoms with Crippen LogP contribution in [0, 0.1) is 0 Å². The first-order valence-corrected chi connectivity index (χ1v) is 16.5. The van der Waals surface area contributed by atoms with Gasteiger partial charge in [-0.3, -0.25) is 9.36 Å². The number of rotatable bonds is 13. The van der Waals surface area contributed by atoms with Crippen molar-refractivity contribution in [1.29, 1.82) is 0 Å². The van der Waals surface area contributed by atoms with Crippen LogP contribution in [0.3, 0.4) is 0 Å². The molecule has 0 saturated heterocycles. The van der Waals surface area contributed by atoms with Gasteiger partial charge in [-0.05, 0) is 85.4 Å². The topological polar surface area (TPSA) is 97.6 Å². The molecule has 3 aromatic carbocycles. The fourth-order valence-corrected chi connectivity index (χ4v) is 6.42. The molecule has 1 aromatic heterocycles. The second-order valence-electron chi connectivity index (χ2n) is 11.1. The highest BCUT2D eigenvalue weighted by Crippen LogP contribution is 2.32. The second kappa shape index (κ2) is 15.2. The summed E-state index contributed by atoms with van der Waals surface area (Å²) in [6.07, 6.45) is 2.88. The largest absolute Gasteiger partial charge is 0.497 e. The molecule has 10 heteroatoms. The number of benzene rings is 3. The fraction of sp³-hybridized carbons (Fsp3) is 0.324. The van der Waals surface area contributed by atoms with Crippen LogP contribution in [-0.2, 0) is 9.53 Å². The van der Waals surface area contributed by atoms with E-state index >= 15 is 0 Å². The third-order valence-corrected chi connectivity index (χ3v) is 9.09. The summed E-state index contributed by atoms with van der Waals surface area (Å²) in [4.78, 5) is 32.2. The van der Waals surface area contributed by atoms with Crippen molar-refractivity contribution in [3.05, 3.63) is 114 Å². The zero-order valence-corrected chi connectivity index (χ0v) is 28.4. The Morgan fingerprint density at radius 2 is 1.64 bits per heavy atom. The Morgan fingerprint density at radius 3 is 2.30 bits per heavy atom. The summed E-state index contributed by atoms with van der Waals surface area (Å²) in [6.45, 7) is 8.80. The molecule has 9 nitrogen and oxygen atoms in total. The summed E-state index contributed by atoms with van der Waals surface area (Å²) in [5.41, 5.74) is 3.35. The first-order chi connectivity index (χ1) is 22.8. The summed E-state index contributed by atoms with van der Waals surface area (Å²) in [5, 5.41) is 0. The maximum Gasteiger partial charge on any atom is 0.338 e. The Hall–Kier alpha value is -4.83. The van der Waals surface area contributed by atoms with Gasteiger partial charge >= 0.3 is 5.97 Å². The lowest BCUT2D eigenvalue weighted by Gasteiger charge is -2.24. The standard InChI is InChI=1S/C37H40N2O7S/c1-7-23(3)26-10-16-29(17-11-26)45-19-20-46-30-18-9-25(21-31(30)43-6)22-32-35(40)39-34(27-12-14-28(42-5)15-13-27)33(36(41)44-8-2)24(4)38-37(39)47-32/h9-18,21-23,34H,7-8,19-20H2,1-6H3/b32-22+/t23-,34+/m1/s1. The molecule has 246 valence electrons. The van der Waals surface area contributed by atoms with E-state index in [2.05, 4.69) is 31.0 Å². The van der Waals surface area contributed by atoms with Crippen molar-refractivity contribution in [2.24, 2.45) is 4.99 Å². The highest BCUT2D eigenvalue weighted by molar-refractivity contribution is 7.07. The zero-order chi connectivity index (χ0) is 33.5. The maximum atomic E-state index is 14.0. The number of ether oxygens (including phenoxy) is 5. The van der Waals surface area contributed by atoms with Crippen LogP contribution in [0.4, 0.5) is 0 Å². The van der Waals surface area contributed by atoms with Crippen LogP contribution in [0.2, 0.25) is 0 Å². The molecule has 5 rings (SSSR count). The Morgan fingerprint density at radius 1 is 0.936 bits per heavy atom. The maximum absolute atomic E-state index is 14.0. The quantitative estimate of drug-likeness (QED) is 0.133. The van der Waals surface area contributed by atoms with Gasteiger partial charge in [0.25, 0.3) is 5.56 Å². The monoisotopic (exact) mass is 656 g/mol. The number of aromatic nitrogens is 1. The minimum atomic E-state index is -0.705. The van der Waals surface area contributed by atoms with E-state index in [0.29, 0.717) is 57.0 Å². The number of esters is 1. The molecule has 47 heavy (non-hydrogen) atoms. The Balaban J connectivity index is 1.38. The molecule has 0 bridgehead atoms. The Labute approximate surface area is 278 Å². The molecule has 1 aliphatic heterocycles. The molecule has 1 aliphatic rings. The minimum absolute atomic E-state index is 0.205. The van der Waals surface area contributed by atoms with Crippen molar-refractivity contribution in [2.45, 2.75) is 46.1 Å². The van der Waals surface area contributed by atoms with Gasteiger partial charge in [0.2, 0.25) is 0 Å². The Kier molecular flexibility index (Phi) is 10.8. The lowest BCUT2D eigenvalue weighted by Crippen LogP contribution is -2.39. The molecule has 2 atom stereocenters. The highest BCUT2D eigenvalue weighted by atomic mass is 32.1. The van der Waals surface area contributed by atoms with Gasteiger partial charge in [-0.2, -0.15) is 0 Å². The molecular formula is C37H40N2O7S. The van der Waals surface area contributed by atoms with E-state index < -0.39 is 12.0 Å². The van der Waals surface area contributed by atoms with Gasteiger partial charge in [0, 0.05) is 0 Å². The van der Waals surface area contributed by atoms with Gasteiger partial charge < -0.3 is 23.7 Å². The molecule has 0 aliphatic carbocycles. The summed E-state index contributed by atoms with van der Waals surface area (Å²) >= 11 is 1.26. The first kappa shape index (κ1) is 33.5. The number of allylic oxidation sites excluding steroid dienone is 1. The molecule has 0 saturated carbocycles. The van der Waals surface area contributed by atoms with Crippen molar-refractivity contribution < 1.29 is 28.5 Å². The molecule has 2 heterocycles. The van der Waals surface area contributed by atoms with E-state index in [1.165, 1.54) is 16.9 Å². The van der Waals surface area contributed by atoms with Gasteiger partial charge in [0.1, 0.15) is 24.7 Å². The number of methoxy groups -OCH3 is 2. The molecule has 0 radical (unpaired) electrons. The lowest BCUT2D eigenvalue weighted by atomic mass is 9.96. The van der Waals surface area contributed by atoms with Crippen LogP contribution in [0.5, 0.6) is 23.0 Å². The number of nitrogens with zero attached hydrogens (tertiary/aromatic N) is 2. The van der Waals surface area contributed by atoms with Gasteiger partial charge in [0.15, 0.2) is 16.3 Å². The average molecular weight is 657 g/mol. The van der Waals surface area contributed by atoms with Gasteiger partial charge in [-0.15, -0.1) is 0 Å². The zero-order valence-electron chi connectivity index (χ0n) is 27.6. The predicted molar refractivity (Wildman–Crippen MR) is 183 cm³/mol. The highest BCUT2D eigenvalue weighted by Gasteiger charge is 2.33. The van der Waals surface area contributed by atoms with Crippen molar-refractivity contribution in [1.82, 2.24) is 4.57 Å². The molecule has 0 spiro atoms. The van der Waals surface area contributed by atoms with Crippen LogP contribution in [0.25, 0.3) is 6.08 Å². The van der Waals surface area contributed by atoms with Crippen molar-refractivity contribution in [3.8, 4) is 23.0 Å². The Bertz CT molecular complexity index is 1930. The summed E-state index contributed by atoms with van der Waals surface area (Å²) < 4.78 is 30.2. The lowest BCUT2D eigenvalue weighted by molar-refractivity contribution is -0.139. The average Bonchev–Trinajstić information content (AvgIpc) is 3.39. The van der Waals surface area contributed by atoms with Gasteiger partial charge in [-0.1, -0.05) is 55.5 Å². The summed E-state index contributed by atoms with van der Waals surface area (Å²) in [7, 11) is 3.16. The number of thiazole rings is 1. The fourth-order valence-electron chi connectivity index (χ4n) is 5.38. The summed E-state index contributed by atoms with van der Waals surface area (Å²) in [6, 6.07) is 20.2. The number of fused-ring (bicyclic) bond motifs is 1. The third-order valence-electron chi connectivity index (χ3n) is 8.11. The first-order valence-electron chi connectivity index (χ1n) is 15.6. The van der Waals surface area contributed by atoms with E-state index in [9.17, 15) is 9.59 Å². The van der Waals surface area contributed by atoms with Gasteiger partial charge in [0.05, 0.1) is 42.7 Å². The van der Waals surface area contributed by atoms with Crippen molar-refractivity contribution >= 4 is 23.4 Å². The molecule has 4 aromatic rings. The molecular weight excluding hydrogens is 616 g/mol. The minimum Gasteiger partial charge on any atom is -0.497 e. The van der Waals surface area contributed by atoms with Crippen LogP contribution < -0.4 is 33.8 Å². The van der Waals surface area contributed by atoms with E-state index in [-0.39, 0.29) is 12.2 Å². The summed E-state index contributed by atoms with van der Waals surface area (Å²) in [5.74, 6) is 2.57. The molecule has 0 N–H and O–H groups in total. The third kappa shape index (κ3) is 7.44. The van der Waals surface area contributed by atoms with E-state index in [4.69, 9.17) is 23.7 Å².